The molecule has 1 aromatic rings. The van der Waals surface area contributed by atoms with Crippen LogP contribution < -0.4 is 4.74 Å². The molecule has 0 aliphatic carbocycles. The Bertz CT molecular complexity index is 368. The molecule has 0 saturated carbocycles. The molecule has 66 valence electrons. The van der Waals surface area contributed by atoms with Gasteiger partial charge in [0.1, 0.15) is 5.75 Å². The highest BCUT2D eigenvalue weighted by Crippen LogP contribution is 2.15. The van der Waals surface area contributed by atoms with Crippen molar-refractivity contribution >= 4 is 12.2 Å². The molecule has 1 rings (SSSR count). The van der Waals surface area contributed by atoms with Gasteiger partial charge in [0.25, 0.3) is 0 Å². The van der Waals surface area contributed by atoms with Crippen LogP contribution >= 0.6 is 0 Å². The Balaban J connectivity index is 2.80. The fourth-order valence-electron chi connectivity index (χ4n) is 0.853. The van der Waals surface area contributed by atoms with Gasteiger partial charge in [-0.25, -0.2) is 4.79 Å². The minimum absolute atomic E-state index is 0.465. The Morgan fingerprint density at radius 1 is 1.54 bits per heavy atom. The lowest BCUT2D eigenvalue weighted by Gasteiger charge is -2.01. The normalized spacial score (nSPS) is 8.69. The molecule has 0 radical (unpaired) electrons. The summed E-state index contributed by atoms with van der Waals surface area (Å²) in [4.78, 5) is 13.4. The number of benzene rings is 1. The van der Waals surface area contributed by atoms with E-state index in [1.165, 1.54) is 0 Å². The predicted molar refractivity (Wildman–Crippen MR) is 46.5 cm³/mol. The maximum Gasteiger partial charge on any atom is 0.419 e. The second-order valence-corrected chi connectivity index (χ2v) is 2.43. The van der Waals surface area contributed by atoms with Gasteiger partial charge in [0.05, 0.1) is 0 Å². The summed E-state index contributed by atoms with van der Waals surface area (Å²) in [5.41, 5.74) is 8.90. The predicted octanol–water partition coefficient (Wildman–Crippen LogP) is 1.20. The van der Waals surface area contributed by atoms with Crippen molar-refractivity contribution in [2.75, 3.05) is 0 Å². The highest BCUT2D eigenvalue weighted by molar-refractivity contribution is 6.21. The first kappa shape index (κ1) is 9.16. The SMILES string of the molecule is Cc1ccccc1OC(=O)C=[N+]=[N-]. The smallest absolute Gasteiger partial charge is 0.418 e. The number of carbonyl (C=O) groups is 1. The molecule has 0 spiro atoms. The second kappa shape index (κ2) is 4.18. The highest BCUT2D eigenvalue weighted by Gasteiger charge is 2.06. The van der Waals surface area contributed by atoms with E-state index in [2.05, 4.69) is 4.79 Å². The maximum atomic E-state index is 10.8. The fraction of sp³-hybridized carbons (Fsp3) is 0.111. The molecule has 4 heteroatoms. The topological polar surface area (TPSA) is 62.7 Å². The Labute approximate surface area is 75.4 Å². The Morgan fingerprint density at radius 3 is 2.85 bits per heavy atom. The third-order valence-corrected chi connectivity index (χ3v) is 1.47. The van der Waals surface area contributed by atoms with Crippen molar-refractivity contribution in [2.45, 2.75) is 6.92 Å². The van der Waals surface area contributed by atoms with Gasteiger partial charge in [-0.2, -0.15) is 4.79 Å². The van der Waals surface area contributed by atoms with E-state index in [1.807, 2.05) is 19.1 Å². The molecule has 0 fully saturated rings. The van der Waals surface area contributed by atoms with Crippen molar-refractivity contribution in [3.63, 3.8) is 0 Å². The van der Waals surface area contributed by atoms with E-state index in [0.717, 1.165) is 5.56 Å². The largest absolute Gasteiger partial charge is 0.419 e. The van der Waals surface area contributed by atoms with Gasteiger partial charge in [-0.05, 0) is 18.6 Å². The maximum absolute atomic E-state index is 10.8. The molecule has 0 N–H and O–H groups in total. The monoisotopic (exact) mass is 176 g/mol. The van der Waals surface area contributed by atoms with Crippen LogP contribution in [0.4, 0.5) is 0 Å². The number of nitrogens with zero attached hydrogens (tertiary/aromatic N) is 2. The highest BCUT2D eigenvalue weighted by atomic mass is 16.5. The number of aryl methyl sites for hydroxylation is 1. The average Bonchev–Trinajstić information content (AvgIpc) is 2.09. The van der Waals surface area contributed by atoms with Crippen molar-refractivity contribution in [2.24, 2.45) is 0 Å². The van der Waals surface area contributed by atoms with Gasteiger partial charge in [0, 0.05) is 0 Å². The standard InChI is InChI=1S/C9H8N2O2/c1-7-4-2-3-5-8(7)13-9(12)6-11-10/h2-6H,1H3. The summed E-state index contributed by atoms with van der Waals surface area (Å²) in [7, 11) is 0. The lowest BCUT2D eigenvalue weighted by atomic mass is 10.2. The van der Waals surface area contributed by atoms with Crippen LogP contribution in [-0.4, -0.2) is 17.0 Å². The molecule has 0 heterocycles. The molecule has 0 aromatic heterocycles. The van der Waals surface area contributed by atoms with Crippen molar-refractivity contribution < 1.29 is 14.3 Å². The van der Waals surface area contributed by atoms with Crippen LogP contribution in [0, 0.1) is 6.92 Å². The molecular weight excluding hydrogens is 168 g/mol. The third kappa shape index (κ3) is 2.54. The van der Waals surface area contributed by atoms with E-state index < -0.39 is 5.97 Å². The molecule has 1 aromatic carbocycles. The number of para-hydroxylation sites is 1. The summed E-state index contributed by atoms with van der Waals surface area (Å²) in [5.74, 6) is -0.232. The third-order valence-electron chi connectivity index (χ3n) is 1.47. The van der Waals surface area contributed by atoms with Gasteiger partial charge in [-0.3, -0.25) is 0 Å². The van der Waals surface area contributed by atoms with Gasteiger partial charge in [0.15, 0.2) is 0 Å². The summed E-state index contributed by atoms with van der Waals surface area (Å²) < 4.78 is 4.84. The zero-order chi connectivity index (χ0) is 9.68. The summed E-state index contributed by atoms with van der Waals surface area (Å²) in [6.07, 6.45) is 0.701. The number of rotatable bonds is 2. The number of carbonyl (C=O) groups excluding carboxylic acids is 1. The first-order valence-electron chi connectivity index (χ1n) is 3.69. The number of hydrogen-bond acceptors (Lipinski definition) is 2. The van der Waals surface area contributed by atoms with Gasteiger partial charge in [0.2, 0.25) is 0 Å². The molecule has 13 heavy (non-hydrogen) atoms. The van der Waals surface area contributed by atoms with Crippen molar-refractivity contribution in [3.8, 4) is 5.75 Å². The van der Waals surface area contributed by atoms with Crippen LogP contribution in [-0.2, 0) is 4.79 Å². The summed E-state index contributed by atoms with van der Waals surface area (Å²) in [5, 5.41) is 0. The van der Waals surface area contributed by atoms with Gasteiger partial charge >= 0.3 is 12.2 Å². The molecule has 0 amide bonds. The number of ether oxygens (including phenoxy) is 1. The molecule has 0 bridgehead atoms. The second-order valence-electron chi connectivity index (χ2n) is 2.43. The zero-order valence-corrected chi connectivity index (χ0v) is 7.10. The van der Waals surface area contributed by atoms with Gasteiger partial charge < -0.3 is 10.3 Å². The van der Waals surface area contributed by atoms with Crippen molar-refractivity contribution in [1.82, 2.24) is 0 Å². The van der Waals surface area contributed by atoms with Crippen molar-refractivity contribution in [1.29, 1.82) is 0 Å². The number of hydrogen-bond donors (Lipinski definition) is 0. The van der Waals surface area contributed by atoms with Crippen molar-refractivity contribution in [3.05, 3.63) is 35.4 Å². The molecular formula is C9H8N2O2. The van der Waals surface area contributed by atoms with E-state index in [9.17, 15) is 4.79 Å². The van der Waals surface area contributed by atoms with Crippen LogP contribution in [0.25, 0.3) is 5.53 Å². The van der Waals surface area contributed by atoms with E-state index in [4.69, 9.17) is 10.3 Å². The van der Waals surface area contributed by atoms with Crippen LogP contribution in [0.15, 0.2) is 24.3 Å². The molecule has 0 unspecified atom stereocenters. The van der Waals surface area contributed by atoms with E-state index >= 15 is 0 Å². The molecule has 0 saturated heterocycles. The summed E-state index contributed by atoms with van der Waals surface area (Å²) >= 11 is 0. The Hall–Kier alpha value is -1.93. The molecule has 0 aliphatic heterocycles. The first-order valence-corrected chi connectivity index (χ1v) is 3.69. The Morgan fingerprint density at radius 2 is 2.23 bits per heavy atom. The van der Waals surface area contributed by atoms with Crippen LogP contribution in [0.1, 0.15) is 5.56 Å². The molecule has 0 aliphatic rings. The number of esters is 1. The first-order chi connectivity index (χ1) is 6.24. The van der Waals surface area contributed by atoms with Crippen LogP contribution in [0.5, 0.6) is 5.75 Å². The fourth-order valence-corrected chi connectivity index (χ4v) is 0.853. The van der Waals surface area contributed by atoms with Crippen LogP contribution in [0.2, 0.25) is 0 Å². The minimum atomic E-state index is -0.697. The Kier molecular flexibility index (Phi) is 2.95. The molecule has 0 atom stereocenters. The summed E-state index contributed by atoms with van der Waals surface area (Å²) in [6, 6.07) is 7.08. The minimum Gasteiger partial charge on any atom is -0.418 e. The van der Waals surface area contributed by atoms with E-state index in [1.54, 1.807) is 12.1 Å². The van der Waals surface area contributed by atoms with E-state index in [0.29, 0.717) is 12.0 Å². The lowest BCUT2D eigenvalue weighted by molar-refractivity contribution is -0.130. The van der Waals surface area contributed by atoms with Crippen LogP contribution in [0.3, 0.4) is 0 Å². The molecule has 4 nitrogen and oxygen atoms in total. The average molecular weight is 176 g/mol. The zero-order valence-electron chi connectivity index (χ0n) is 7.10. The van der Waals surface area contributed by atoms with E-state index in [-0.39, 0.29) is 0 Å². The van der Waals surface area contributed by atoms with Gasteiger partial charge in [-0.1, -0.05) is 18.2 Å². The lowest BCUT2D eigenvalue weighted by Crippen LogP contribution is -2.10. The van der Waals surface area contributed by atoms with Gasteiger partial charge in [-0.15, -0.1) is 0 Å². The summed E-state index contributed by atoms with van der Waals surface area (Å²) in [6.45, 7) is 1.82. The quantitative estimate of drug-likeness (QED) is 0.223.